The molecule has 8 nitrogen and oxygen atoms in total. The molecule has 4 aromatic rings. The number of hydrogen-bond donors (Lipinski definition) is 0. The van der Waals surface area contributed by atoms with E-state index >= 15 is 0 Å². The molecule has 0 saturated heterocycles. The molecular formula is C19H14N6O2. The largest absolute Gasteiger partial charge is 0.437 e. The summed E-state index contributed by atoms with van der Waals surface area (Å²) in [6, 6.07) is 18.4. The molecule has 0 spiro atoms. The van der Waals surface area contributed by atoms with Crippen molar-refractivity contribution in [2.24, 2.45) is 0 Å². The molecule has 0 unspecified atom stereocenters. The molecular weight excluding hydrogens is 344 g/mol. The van der Waals surface area contributed by atoms with Gasteiger partial charge in [-0.1, -0.05) is 30.3 Å². The van der Waals surface area contributed by atoms with Crippen LogP contribution in [0.2, 0.25) is 0 Å². The monoisotopic (exact) mass is 358 g/mol. The first-order valence-electron chi connectivity index (χ1n) is 8.21. The van der Waals surface area contributed by atoms with Crippen LogP contribution in [-0.2, 0) is 6.54 Å². The predicted molar refractivity (Wildman–Crippen MR) is 96.1 cm³/mol. The van der Waals surface area contributed by atoms with E-state index in [1.165, 1.54) is 9.48 Å². The summed E-state index contributed by atoms with van der Waals surface area (Å²) in [6.45, 7) is 2.02. The minimum atomic E-state index is -0.581. The first kappa shape index (κ1) is 16.5. The van der Waals surface area contributed by atoms with Crippen molar-refractivity contribution in [3.8, 4) is 23.3 Å². The van der Waals surface area contributed by atoms with Crippen LogP contribution in [0.1, 0.15) is 16.8 Å². The summed E-state index contributed by atoms with van der Waals surface area (Å²) in [5.41, 5.74) is 3.20. The molecule has 8 heteroatoms. The number of benzene rings is 2. The number of nitrogens with zero attached hydrogens (tertiary/aromatic N) is 6. The van der Waals surface area contributed by atoms with Gasteiger partial charge in [-0.25, -0.2) is 4.79 Å². The van der Waals surface area contributed by atoms with Gasteiger partial charge in [0, 0.05) is 0 Å². The molecule has 2 aromatic carbocycles. The summed E-state index contributed by atoms with van der Waals surface area (Å²) in [7, 11) is 0. The van der Waals surface area contributed by atoms with E-state index in [1.54, 1.807) is 31.2 Å². The van der Waals surface area contributed by atoms with Crippen molar-refractivity contribution in [1.82, 2.24) is 24.8 Å². The van der Waals surface area contributed by atoms with Crippen molar-refractivity contribution in [3.63, 3.8) is 0 Å². The molecule has 0 aliphatic rings. The maximum atomic E-state index is 12.2. The van der Waals surface area contributed by atoms with E-state index in [-0.39, 0.29) is 12.4 Å². The molecule has 0 saturated carbocycles. The fourth-order valence-electron chi connectivity index (χ4n) is 2.61. The smallest absolute Gasteiger partial charge is 0.386 e. The van der Waals surface area contributed by atoms with Gasteiger partial charge in [-0.05, 0) is 36.8 Å². The van der Waals surface area contributed by atoms with Gasteiger partial charge in [0.2, 0.25) is 0 Å². The Balaban J connectivity index is 1.64. The average molecular weight is 358 g/mol. The maximum absolute atomic E-state index is 12.2. The second-order valence-electron chi connectivity index (χ2n) is 5.90. The number of aryl methyl sites for hydroxylation is 1. The zero-order chi connectivity index (χ0) is 18.8. The Kier molecular flexibility index (Phi) is 4.10. The Bertz CT molecular complexity index is 1180. The third-order valence-electron chi connectivity index (χ3n) is 3.99. The minimum absolute atomic E-state index is 0.119. The number of nitriles is 1. The summed E-state index contributed by atoms with van der Waals surface area (Å²) >= 11 is 0. The van der Waals surface area contributed by atoms with E-state index in [4.69, 9.17) is 9.68 Å². The van der Waals surface area contributed by atoms with Crippen molar-refractivity contribution in [3.05, 3.63) is 82.0 Å². The highest BCUT2D eigenvalue weighted by molar-refractivity contribution is 5.49. The van der Waals surface area contributed by atoms with Crippen LogP contribution in [-0.4, -0.2) is 24.8 Å². The van der Waals surface area contributed by atoms with Crippen molar-refractivity contribution in [1.29, 1.82) is 5.26 Å². The highest BCUT2D eigenvalue weighted by Gasteiger charge is 2.18. The van der Waals surface area contributed by atoms with Gasteiger partial charge < -0.3 is 4.42 Å². The van der Waals surface area contributed by atoms with Crippen LogP contribution in [0.5, 0.6) is 0 Å². The van der Waals surface area contributed by atoms with Crippen LogP contribution in [0.3, 0.4) is 0 Å². The topological polar surface area (TPSA) is 103 Å². The molecule has 2 aromatic heterocycles. The Morgan fingerprint density at radius 2 is 1.78 bits per heavy atom. The van der Waals surface area contributed by atoms with E-state index < -0.39 is 5.76 Å². The van der Waals surface area contributed by atoms with Gasteiger partial charge in [0.25, 0.3) is 5.89 Å². The van der Waals surface area contributed by atoms with Gasteiger partial charge in [0.05, 0.1) is 29.6 Å². The van der Waals surface area contributed by atoms with Crippen LogP contribution in [0, 0.1) is 18.3 Å². The van der Waals surface area contributed by atoms with E-state index in [0.29, 0.717) is 17.0 Å². The Morgan fingerprint density at radius 1 is 1.04 bits per heavy atom. The molecule has 0 aliphatic heterocycles. The van der Waals surface area contributed by atoms with Crippen molar-refractivity contribution < 1.29 is 4.42 Å². The summed E-state index contributed by atoms with van der Waals surface area (Å²) < 4.78 is 6.50. The molecule has 0 amide bonds. The zero-order valence-electron chi connectivity index (χ0n) is 14.4. The van der Waals surface area contributed by atoms with Gasteiger partial charge in [-0.3, -0.25) is 0 Å². The van der Waals surface area contributed by atoms with Crippen molar-refractivity contribution in [2.75, 3.05) is 0 Å². The highest BCUT2D eigenvalue weighted by Crippen LogP contribution is 2.18. The Labute approximate surface area is 153 Å². The van der Waals surface area contributed by atoms with E-state index in [1.807, 2.05) is 30.3 Å². The van der Waals surface area contributed by atoms with Crippen molar-refractivity contribution >= 4 is 0 Å². The van der Waals surface area contributed by atoms with Gasteiger partial charge in [-0.2, -0.15) is 19.8 Å². The van der Waals surface area contributed by atoms with Gasteiger partial charge in [0.1, 0.15) is 0 Å². The normalized spacial score (nSPS) is 10.7. The zero-order valence-corrected chi connectivity index (χ0v) is 14.4. The molecule has 0 atom stereocenters. The molecule has 0 fully saturated rings. The summed E-state index contributed by atoms with van der Waals surface area (Å²) in [6.07, 6.45) is 0. The molecule has 0 bridgehead atoms. The fraction of sp³-hybridized carbons (Fsp3) is 0.105. The lowest BCUT2D eigenvalue weighted by atomic mass is 10.1. The summed E-state index contributed by atoms with van der Waals surface area (Å²) in [4.78, 5) is 13.6. The van der Waals surface area contributed by atoms with Crippen LogP contribution in [0.15, 0.2) is 63.8 Å². The average Bonchev–Trinajstić information content (AvgIpc) is 3.26. The SMILES string of the molecule is Cc1nn(-c2ccccc2)nc1-c1nn(Cc2ccc(C#N)cc2)c(=O)o1. The first-order valence-corrected chi connectivity index (χ1v) is 8.21. The maximum Gasteiger partial charge on any atom is 0.437 e. The molecule has 2 heterocycles. The quantitative estimate of drug-likeness (QED) is 0.555. The second kappa shape index (κ2) is 6.72. The first-order chi connectivity index (χ1) is 13.1. The van der Waals surface area contributed by atoms with E-state index in [2.05, 4.69) is 21.4 Å². The number of para-hydroxylation sites is 1. The number of hydrogen-bond acceptors (Lipinski definition) is 6. The van der Waals surface area contributed by atoms with E-state index in [9.17, 15) is 4.79 Å². The van der Waals surface area contributed by atoms with Crippen LogP contribution in [0.25, 0.3) is 17.3 Å². The third-order valence-corrected chi connectivity index (χ3v) is 3.99. The lowest BCUT2D eigenvalue weighted by Gasteiger charge is -1.99. The number of aromatic nitrogens is 5. The molecule has 0 N–H and O–H groups in total. The standard InChI is InChI=1S/C19H14N6O2/c1-13-17(22-25(21-13)16-5-3-2-4-6-16)18-23-24(19(26)27-18)12-15-9-7-14(11-20)8-10-15/h2-10H,12H2,1H3. The highest BCUT2D eigenvalue weighted by atomic mass is 16.4. The molecule has 0 aliphatic carbocycles. The third kappa shape index (κ3) is 3.26. The molecule has 27 heavy (non-hydrogen) atoms. The van der Waals surface area contributed by atoms with E-state index in [0.717, 1.165) is 11.3 Å². The lowest BCUT2D eigenvalue weighted by molar-refractivity contribution is 0.493. The fourth-order valence-corrected chi connectivity index (χ4v) is 2.61. The Hall–Kier alpha value is -3.99. The second-order valence-corrected chi connectivity index (χ2v) is 5.90. The minimum Gasteiger partial charge on any atom is -0.386 e. The summed E-state index contributed by atoms with van der Waals surface area (Å²) in [5.74, 6) is -0.462. The molecule has 132 valence electrons. The Morgan fingerprint density at radius 3 is 2.48 bits per heavy atom. The summed E-state index contributed by atoms with van der Waals surface area (Å²) in [5, 5.41) is 21.9. The predicted octanol–water partition coefficient (Wildman–Crippen LogP) is 2.31. The molecule has 0 radical (unpaired) electrons. The number of rotatable bonds is 4. The van der Waals surface area contributed by atoms with Gasteiger partial charge in [-0.15, -0.1) is 10.2 Å². The van der Waals surface area contributed by atoms with Crippen LogP contribution in [0.4, 0.5) is 0 Å². The van der Waals surface area contributed by atoms with Gasteiger partial charge >= 0.3 is 5.76 Å². The lowest BCUT2D eigenvalue weighted by Crippen LogP contribution is -2.16. The molecule has 4 rings (SSSR count). The van der Waals surface area contributed by atoms with Crippen LogP contribution < -0.4 is 5.76 Å². The van der Waals surface area contributed by atoms with Crippen molar-refractivity contribution in [2.45, 2.75) is 13.5 Å². The van der Waals surface area contributed by atoms with Gasteiger partial charge in [0.15, 0.2) is 5.69 Å². The van der Waals surface area contributed by atoms with Crippen LogP contribution >= 0.6 is 0 Å².